The molecule has 1 saturated heterocycles. The first-order valence-electron chi connectivity index (χ1n) is 10.3. The van der Waals surface area contributed by atoms with Gasteiger partial charge in [0, 0.05) is 18.8 Å². The van der Waals surface area contributed by atoms with Crippen LogP contribution in [0.2, 0.25) is 0 Å². The molecule has 1 aliphatic rings. The van der Waals surface area contributed by atoms with Crippen LogP contribution < -0.4 is 10.1 Å². The molecule has 164 valence electrons. The fourth-order valence-corrected chi connectivity index (χ4v) is 3.80. The molecule has 2 amide bonds. The molecule has 2 aromatic rings. The molecule has 6 nitrogen and oxygen atoms in total. The molecule has 0 bridgehead atoms. The molecular formula is C23H26FN3O3S. The van der Waals surface area contributed by atoms with Crippen LogP contribution in [-0.2, 0) is 16.1 Å². The predicted octanol–water partition coefficient (Wildman–Crippen LogP) is 3.96. The minimum atomic E-state index is -0.704. The molecule has 0 radical (unpaired) electrons. The van der Waals surface area contributed by atoms with Gasteiger partial charge in [0.1, 0.15) is 17.6 Å². The second kappa shape index (κ2) is 10.3. The Bertz CT molecular complexity index is 934. The molecule has 1 aliphatic heterocycles. The molecular weight excluding hydrogens is 417 g/mol. The molecule has 31 heavy (non-hydrogen) atoms. The van der Waals surface area contributed by atoms with Crippen LogP contribution in [0, 0.1) is 5.82 Å². The van der Waals surface area contributed by atoms with Crippen LogP contribution in [-0.4, -0.2) is 45.9 Å². The number of likely N-dealkylation sites (N-methyl/N-ethyl adjacent to an activating group) is 1. The van der Waals surface area contributed by atoms with Crippen molar-refractivity contribution in [3.63, 3.8) is 0 Å². The Morgan fingerprint density at radius 2 is 1.81 bits per heavy atom. The number of hydrogen-bond acceptors (Lipinski definition) is 4. The average molecular weight is 444 g/mol. The smallest absolute Gasteiger partial charge is 0.252 e. The van der Waals surface area contributed by atoms with Crippen molar-refractivity contribution < 1.29 is 18.7 Å². The van der Waals surface area contributed by atoms with Crippen molar-refractivity contribution in [1.82, 2.24) is 9.80 Å². The third kappa shape index (κ3) is 5.58. The number of hydrogen-bond donors (Lipinski definition) is 1. The molecule has 2 aromatic carbocycles. The van der Waals surface area contributed by atoms with Gasteiger partial charge in [-0.2, -0.15) is 0 Å². The van der Waals surface area contributed by atoms with Gasteiger partial charge < -0.3 is 15.0 Å². The largest absolute Gasteiger partial charge is 0.494 e. The normalized spacial score (nSPS) is 16.0. The number of ether oxygens (including phenoxy) is 1. The van der Waals surface area contributed by atoms with E-state index in [1.165, 1.54) is 17.0 Å². The number of rotatable bonds is 9. The first-order valence-corrected chi connectivity index (χ1v) is 10.7. The van der Waals surface area contributed by atoms with E-state index in [9.17, 15) is 14.0 Å². The molecule has 0 spiro atoms. The van der Waals surface area contributed by atoms with Gasteiger partial charge in [-0.25, -0.2) is 4.39 Å². The fourth-order valence-electron chi connectivity index (χ4n) is 3.39. The van der Waals surface area contributed by atoms with Crippen molar-refractivity contribution in [2.24, 2.45) is 0 Å². The van der Waals surface area contributed by atoms with E-state index in [-0.39, 0.29) is 24.1 Å². The minimum Gasteiger partial charge on any atom is -0.494 e. The highest BCUT2D eigenvalue weighted by molar-refractivity contribution is 7.80. The number of carbonyl (C=O) groups is 2. The van der Waals surface area contributed by atoms with Crippen LogP contribution in [0.4, 0.5) is 10.1 Å². The SMILES string of the molecule is CCCOc1ccc(NC(=O)C[C@@H]2C(=O)N(CC)C(=S)N2Cc2ccc(F)cc2)cc1. The monoisotopic (exact) mass is 443 g/mol. The summed E-state index contributed by atoms with van der Waals surface area (Å²) in [6.45, 7) is 5.25. The zero-order valence-electron chi connectivity index (χ0n) is 17.6. The Kier molecular flexibility index (Phi) is 7.57. The van der Waals surface area contributed by atoms with Gasteiger partial charge in [-0.15, -0.1) is 0 Å². The van der Waals surface area contributed by atoms with Gasteiger partial charge in [-0.3, -0.25) is 14.5 Å². The second-order valence-electron chi connectivity index (χ2n) is 7.26. The second-order valence-corrected chi connectivity index (χ2v) is 7.63. The molecule has 1 fully saturated rings. The summed E-state index contributed by atoms with van der Waals surface area (Å²) in [7, 11) is 0. The number of halogens is 1. The van der Waals surface area contributed by atoms with Gasteiger partial charge in [-0.05, 0) is 67.5 Å². The highest BCUT2D eigenvalue weighted by atomic mass is 32.1. The molecule has 0 aromatic heterocycles. The number of anilines is 1. The van der Waals surface area contributed by atoms with Crippen molar-refractivity contribution in [3.05, 3.63) is 59.9 Å². The van der Waals surface area contributed by atoms with E-state index in [1.54, 1.807) is 41.3 Å². The molecule has 3 rings (SSSR count). The first-order chi connectivity index (χ1) is 14.9. The van der Waals surface area contributed by atoms with Crippen LogP contribution in [0.5, 0.6) is 5.75 Å². The molecule has 8 heteroatoms. The number of thiocarbonyl (C=S) groups is 1. The van der Waals surface area contributed by atoms with E-state index in [0.29, 0.717) is 30.5 Å². The number of benzene rings is 2. The van der Waals surface area contributed by atoms with Crippen molar-refractivity contribution in [2.75, 3.05) is 18.5 Å². The van der Waals surface area contributed by atoms with E-state index in [0.717, 1.165) is 17.7 Å². The van der Waals surface area contributed by atoms with E-state index in [1.807, 2.05) is 13.8 Å². The van der Waals surface area contributed by atoms with Gasteiger partial charge in [0.2, 0.25) is 5.91 Å². The van der Waals surface area contributed by atoms with E-state index in [4.69, 9.17) is 17.0 Å². The van der Waals surface area contributed by atoms with Crippen molar-refractivity contribution >= 4 is 34.8 Å². The summed E-state index contributed by atoms with van der Waals surface area (Å²) in [5.41, 5.74) is 1.43. The highest BCUT2D eigenvalue weighted by Gasteiger charge is 2.42. The van der Waals surface area contributed by atoms with Gasteiger partial charge in [0.25, 0.3) is 5.91 Å². The Morgan fingerprint density at radius 1 is 1.13 bits per heavy atom. The quantitative estimate of drug-likeness (QED) is 0.595. The maximum atomic E-state index is 13.2. The summed E-state index contributed by atoms with van der Waals surface area (Å²) in [6.07, 6.45) is 0.879. The third-order valence-electron chi connectivity index (χ3n) is 4.98. The lowest BCUT2D eigenvalue weighted by molar-refractivity contribution is -0.130. The standard InChI is InChI=1S/C23H26FN3O3S/c1-3-13-30-19-11-9-18(10-12-19)25-21(28)14-20-22(29)26(4-2)23(31)27(20)15-16-5-7-17(24)8-6-16/h5-12,20H,3-4,13-15H2,1-2H3,(H,25,28)/t20-/m1/s1. The number of nitrogens with one attached hydrogen (secondary N) is 1. The van der Waals surface area contributed by atoms with Crippen molar-refractivity contribution in [2.45, 2.75) is 39.3 Å². The lowest BCUT2D eigenvalue weighted by atomic mass is 10.1. The van der Waals surface area contributed by atoms with Crippen molar-refractivity contribution in [1.29, 1.82) is 0 Å². The maximum absolute atomic E-state index is 13.2. The maximum Gasteiger partial charge on any atom is 0.252 e. The lowest BCUT2D eigenvalue weighted by Gasteiger charge is -2.24. The van der Waals surface area contributed by atoms with E-state index in [2.05, 4.69) is 5.32 Å². The Hall–Kier alpha value is -3.00. The molecule has 1 N–H and O–H groups in total. The van der Waals surface area contributed by atoms with Crippen LogP contribution in [0.1, 0.15) is 32.3 Å². The number of amides is 2. The minimum absolute atomic E-state index is 0.0370. The Balaban J connectivity index is 1.68. The van der Waals surface area contributed by atoms with Gasteiger partial charge in [-0.1, -0.05) is 19.1 Å². The van der Waals surface area contributed by atoms with Crippen molar-refractivity contribution in [3.8, 4) is 5.75 Å². The van der Waals surface area contributed by atoms with Crippen LogP contribution in [0.3, 0.4) is 0 Å². The number of nitrogens with zero attached hydrogens (tertiary/aromatic N) is 2. The van der Waals surface area contributed by atoms with E-state index < -0.39 is 6.04 Å². The summed E-state index contributed by atoms with van der Waals surface area (Å²) in [5, 5.41) is 3.21. The summed E-state index contributed by atoms with van der Waals surface area (Å²) in [5.74, 6) is -0.0835. The summed E-state index contributed by atoms with van der Waals surface area (Å²) < 4.78 is 18.8. The first kappa shape index (κ1) is 22.7. The fraction of sp³-hybridized carbons (Fsp3) is 0.348. The Labute approximate surface area is 187 Å². The Morgan fingerprint density at radius 3 is 2.42 bits per heavy atom. The summed E-state index contributed by atoms with van der Waals surface area (Å²) in [6, 6.07) is 12.4. The highest BCUT2D eigenvalue weighted by Crippen LogP contribution is 2.24. The third-order valence-corrected chi connectivity index (χ3v) is 5.43. The average Bonchev–Trinajstić information content (AvgIpc) is 2.98. The molecule has 1 heterocycles. The molecule has 0 aliphatic carbocycles. The molecule has 1 atom stereocenters. The van der Waals surface area contributed by atoms with Gasteiger partial charge in [0.15, 0.2) is 5.11 Å². The molecule has 0 unspecified atom stereocenters. The lowest BCUT2D eigenvalue weighted by Crippen LogP contribution is -2.37. The predicted molar refractivity (Wildman–Crippen MR) is 121 cm³/mol. The molecule has 0 saturated carbocycles. The van der Waals surface area contributed by atoms with E-state index >= 15 is 0 Å². The summed E-state index contributed by atoms with van der Waals surface area (Å²) >= 11 is 5.48. The zero-order chi connectivity index (χ0) is 22.4. The van der Waals surface area contributed by atoms with Crippen LogP contribution in [0.25, 0.3) is 0 Å². The van der Waals surface area contributed by atoms with Gasteiger partial charge >= 0.3 is 0 Å². The van der Waals surface area contributed by atoms with Gasteiger partial charge in [0.05, 0.1) is 13.0 Å². The van der Waals surface area contributed by atoms with Crippen LogP contribution in [0.15, 0.2) is 48.5 Å². The number of carbonyl (C=O) groups excluding carboxylic acids is 2. The summed E-state index contributed by atoms with van der Waals surface area (Å²) in [4.78, 5) is 28.8. The zero-order valence-corrected chi connectivity index (χ0v) is 18.5. The topological polar surface area (TPSA) is 61.9 Å². The van der Waals surface area contributed by atoms with Crippen LogP contribution >= 0.6 is 12.2 Å².